The molecule has 0 spiro atoms. The Bertz CT molecular complexity index is 912. The number of hydrogen-bond donors (Lipinski definition) is 1. The number of sulfonamides is 1. The third-order valence-electron chi connectivity index (χ3n) is 5.30. The Labute approximate surface area is 167 Å². The number of nitrogens with one attached hydrogen (secondary N) is 1. The summed E-state index contributed by atoms with van der Waals surface area (Å²) in [6.45, 7) is 4.67. The predicted molar refractivity (Wildman–Crippen MR) is 103 cm³/mol. The molecule has 154 valence electrons. The van der Waals surface area contributed by atoms with E-state index in [2.05, 4.69) is 27.9 Å². The minimum atomic E-state index is -4.32. The molecule has 0 bridgehead atoms. The first-order valence-electron chi connectivity index (χ1n) is 9.10. The fourth-order valence-electron chi connectivity index (χ4n) is 3.33. The number of anilines is 1. The van der Waals surface area contributed by atoms with Gasteiger partial charge in [0.25, 0.3) is 10.0 Å². The highest BCUT2D eigenvalue weighted by atomic mass is 32.2. The van der Waals surface area contributed by atoms with Gasteiger partial charge < -0.3 is 4.74 Å². The standard InChI is InChI=1S/C18H23F2N3O3S2/c1-12-3-5-18(2,6-4-12)7-8-26-15-9-14(20)16(10-13(15)19)28(24,25)23-17-21-11-22-27-17/h9-12H,3-8H2,1-2H3,(H,21,22,23). The molecule has 0 radical (unpaired) electrons. The Kier molecular flexibility index (Phi) is 6.18. The number of benzene rings is 1. The molecule has 1 aliphatic rings. The first-order valence-corrected chi connectivity index (χ1v) is 11.4. The van der Waals surface area contributed by atoms with Gasteiger partial charge >= 0.3 is 0 Å². The SMILES string of the molecule is CC1CCC(C)(CCOc2cc(F)c(S(=O)(=O)Nc3ncns3)cc2F)CC1. The summed E-state index contributed by atoms with van der Waals surface area (Å²) in [5.74, 6) is -1.59. The van der Waals surface area contributed by atoms with Crippen molar-refractivity contribution in [1.29, 1.82) is 0 Å². The van der Waals surface area contributed by atoms with Crippen molar-refractivity contribution >= 4 is 26.7 Å². The Morgan fingerprint density at radius 2 is 2.00 bits per heavy atom. The molecule has 2 aromatic rings. The second-order valence-electron chi connectivity index (χ2n) is 7.66. The van der Waals surface area contributed by atoms with Gasteiger partial charge in [0.05, 0.1) is 6.61 Å². The van der Waals surface area contributed by atoms with Crippen molar-refractivity contribution in [3.8, 4) is 5.75 Å². The lowest BCUT2D eigenvalue weighted by molar-refractivity contribution is 0.133. The Morgan fingerprint density at radius 1 is 1.29 bits per heavy atom. The molecule has 3 rings (SSSR count). The van der Waals surface area contributed by atoms with Crippen LogP contribution in [-0.2, 0) is 10.0 Å². The van der Waals surface area contributed by atoms with Crippen molar-refractivity contribution < 1.29 is 21.9 Å². The topological polar surface area (TPSA) is 81.2 Å². The van der Waals surface area contributed by atoms with Crippen LogP contribution in [0.25, 0.3) is 0 Å². The van der Waals surface area contributed by atoms with Crippen LogP contribution in [0.5, 0.6) is 5.75 Å². The smallest absolute Gasteiger partial charge is 0.266 e. The molecule has 1 fully saturated rings. The summed E-state index contributed by atoms with van der Waals surface area (Å²) < 4.78 is 64.4. The second-order valence-corrected chi connectivity index (χ2v) is 10.1. The van der Waals surface area contributed by atoms with Crippen LogP contribution >= 0.6 is 11.5 Å². The lowest BCUT2D eigenvalue weighted by Crippen LogP contribution is -2.25. The molecule has 0 atom stereocenters. The molecule has 6 nitrogen and oxygen atoms in total. The highest BCUT2D eigenvalue weighted by Crippen LogP contribution is 2.41. The van der Waals surface area contributed by atoms with Gasteiger partial charge in [-0.1, -0.05) is 26.7 Å². The lowest BCUT2D eigenvalue weighted by atomic mass is 9.70. The summed E-state index contributed by atoms with van der Waals surface area (Å²) in [6, 6.07) is 1.40. The summed E-state index contributed by atoms with van der Waals surface area (Å²) >= 11 is 0.790. The number of halogens is 2. The third kappa shape index (κ3) is 4.96. The second kappa shape index (κ2) is 8.28. The van der Waals surface area contributed by atoms with Gasteiger partial charge in [-0.05, 0) is 30.6 Å². The molecule has 10 heteroatoms. The molecule has 1 saturated carbocycles. The largest absolute Gasteiger partial charge is 0.490 e. The van der Waals surface area contributed by atoms with Crippen molar-refractivity contribution in [3.05, 3.63) is 30.1 Å². The molecule has 1 aliphatic carbocycles. The monoisotopic (exact) mass is 431 g/mol. The Morgan fingerprint density at radius 3 is 2.64 bits per heavy atom. The zero-order valence-electron chi connectivity index (χ0n) is 15.7. The van der Waals surface area contributed by atoms with Crippen molar-refractivity contribution in [2.75, 3.05) is 11.3 Å². The molecule has 1 aromatic carbocycles. The first kappa shape index (κ1) is 20.9. The summed E-state index contributed by atoms with van der Waals surface area (Å²) in [5.41, 5.74) is 0.135. The molecule has 0 amide bonds. The van der Waals surface area contributed by atoms with E-state index >= 15 is 0 Å². The lowest BCUT2D eigenvalue weighted by Gasteiger charge is -2.36. The quantitative estimate of drug-likeness (QED) is 0.693. The van der Waals surface area contributed by atoms with E-state index in [0.29, 0.717) is 6.07 Å². The Hall–Kier alpha value is -1.81. The van der Waals surface area contributed by atoms with Crippen LogP contribution in [0, 0.1) is 23.0 Å². The maximum atomic E-state index is 14.4. The van der Waals surface area contributed by atoms with Gasteiger partial charge in [0.15, 0.2) is 11.6 Å². The van der Waals surface area contributed by atoms with Crippen LogP contribution in [0.4, 0.5) is 13.9 Å². The Balaban J connectivity index is 1.66. The molecule has 0 saturated heterocycles. The molecule has 1 heterocycles. The predicted octanol–water partition coefficient (Wildman–Crippen LogP) is 4.60. The summed E-state index contributed by atoms with van der Waals surface area (Å²) in [6.07, 6.45) is 6.39. The van der Waals surface area contributed by atoms with Crippen molar-refractivity contribution in [2.45, 2.75) is 50.8 Å². The molecule has 1 N–H and O–H groups in total. The molecule has 0 aliphatic heterocycles. The number of aromatic nitrogens is 2. The van der Waals surface area contributed by atoms with Crippen molar-refractivity contribution in [2.24, 2.45) is 11.3 Å². The van der Waals surface area contributed by atoms with E-state index in [4.69, 9.17) is 4.74 Å². The minimum Gasteiger partial charge on any atom is -0.490 e. The fourth-order valence-corrected chi connectivity index (χ4v) is 5.06. The molecular weight excluding hydrogens is 408 g/mol. The first-order chi connectivity index (χ1) is 13.2. The van der Waals surface area contributed by atoms with Gasteiger partial charge in [-0.25, -0.2) is 22.2 Å². The van der Waals surface area contributed by atoms with Gasteiger partial charge in [-0.2, -0.15) is 4.37 Å². The molecular formula is C18H23F2N3O3S2. The normalized spacial score (nSPS) is 22.8. The molecule has 28 heavy (non-hydrogen) atoms. The van der Waals surface area contributed by atoms with Gasteiger partial charge in [-0.3, -0.25) is 4.72 Å². The van der Waals surface area contributed by atoms with E-state index in [0.717, 1.165) is 61.9 Å². The van der Waals surface area contributed by atoms with Crippen LogP contribution in [-0.4, -0.2) is 24.4 Å². The van der Waals surface area contributed by atoms with Gasteiger partial charge in [0.2, 0.25) is 5.13 Å². The van der Waals surface area contributed by atoms with Crippen LogP contribution in [0.1, 0.15) is 46.0 Å². The van der Waals surface area contributed by atoms with E-state index in [1.165, 1.54) is 0 Å². The van der Waals surface area contributed by atoms with E-state index in [-0.39, 0.29) is 22.9 Å². The number of ether oxygens (including phenoxy) is 1. The fraction of sp³-hybridized carbons (Fsp3) is 0.556. The van der Waals surface area contributed by atoms with E-state index in [9.17, 15) is 17.2 Å². The summed E-state index contributed by atoms with van der Waals surface area (Å²) in [4.78, 5) is 2.86. The zero-order chi connectivity index (χ0) is 20.4. The zero-order valence-corrected chi connectivity index (χ0v) is 17.4. The van der Waals surface area contributed by atoms with Crippen molar-refractivity contribution in [1.82, 2.24) is 9.36 Å². The van der Waals surface area contributed by atoms with Crippen LogP contribution in [0.3, 0.4) is 0 Å². The van der Waals surface area contributed by atoms with Gasteiger partial charge in [0.1, 0.15) is 17.0 Å². The summed E-state index contributed by atoms with van der Waals surface area (Å²) in [7, 11) is -4.32. The highest BCUT2D eigenvalue weighted by Gasteiger charge is 2.30. The van der Waals surface area contributed by atoms with E-state index in [1.807, 2.05) is 0 Å². The minimum absolute atomic E-state index is 0.0322. The number of nitrogens with zero attached hydrogens (tertiary/aromatic N) is 2. The number of hydrogen-bond acceptors (Lipinski definition) is 6. The van der Waals surface area contributed by atoms with Gasteiger partial charge in [0, 0.05) is 23.7 Å². The van der Waals surface area contributed by atoms with E-state index < -0.39 is 26.6 Å². The third-order valence-corrected chi connectivity index (χ3v) is 7.37. The average molecular weight is 432 g/mol. The van der Waals surface area contributed by atoms with Gasteiger partial charge in [-0.15, -0.1) is 0 Å². The molecule has 1 aromatic heterocycles. The van der Waals surface area contributed by atoms with Crippen molar-refractivity contribution in [3.63, 3.8) is 0 Å². The van der Waals surface area contributed by atoms with Crippen LogP contribution in [0.2, 0.25) is 0 Å². The average Bonchev–Trinajstić information content (AvgIpc) is 3.12. The van der Waals surface area contributed by atoms with Crippen LogP contribution in [0.15, 0.2) is 23.4 Å². The maximum absolute atomic E-state index is 14.4. The van der Waals surface area contributed by atoms with E-state index in [1.54, 1.807) is 0 Å². The number of rotatable bonds is 7. The maximum Gasteiger partial charge on any atom is 0.266 e. The molecule has 0 unspecified atom stereocenters. The highest BCUT2D eigenvalue weighted by molar-refractivity contribution is 7.93. The van der Waals surface area contributed by atoms with Crippen LogP contribution < -0.4 is 9.46 Å². The summed E-state index contributed by atoms with van der Waals surface area (Å²) in [5, 5.41) is -0.0322.